The van der Waals surface area contributed by atoms with Crippen LogP contribution in [0.1, 0.15) is 63.2 Å². The molecule has 6 rings (SSSR count). The van der Waals surface area contributed by atoms with Gasteiger partial charge in [-0.15, -0.1) is 11.3 Å². The molecule has 2 fully saturated rings. The van der Waals surface area contributed by atoms with Gasteiger partial charge in [-0.3, -0.25) is 9.36 Å². The topological polar surface area (TPSA) is 129 Å². The molecular formula is C32H38N4O7S. The second-order valence-electron chi connectivity index (χ2n) is 12.3. The third kappa shape index (κ3) is 5.08. The first-order valence-electron chi connectivity index (χ1n) is 15.0. The van der Waals surface area contributed by atoms with Gasteiger partial charge in [0.2, 0.25) is 5.89 Å². The standard InChI is InChI=1S/C32H38N4O7S/c1-18-25-28(37)36(32(2,3)30(38)39)31(40)35(29(25)44-26(18)27-33-13-14-42-27)17-24(22-11-6-7-12-23(22)41-5)43-21-15-19-9-8-10-20(16-21)34(19)4/h6-7,11-14,19-21,24H,8-10,15-17H2,1-5H3,(H,38,39). The van der Waals surface area contributed by atoms with E-state index in [-0.39, 0.29) is 18.0 Å². The van der Waals surface area contributed by atoms with Crippen LogP contribution in [-0.4, -0.2) is 62.4 Å². The number of fused-ring (bicyclic) bond motifs is 3. The first kappa shape index (κ1) is 30.3. The van der Waals surface area contributed by atoms with E-state index < -0.39 is 28.9 Å². The van der Waals surface area contributed by atoms with Crippen LogP contribution >= 0.6 is 11.3 Å². The molecule has 44 heavy (non-hydrogen) atoms. The summed E-state index contributed by atoms with van der Waals surface area (Å²) in [5, 5.41) is 10.4. The molecule has 0 aliphatic carbocycles. The second-order valence-corrected chi connectivity index (χ2v) is 13.3. The van der Waals surface area contributed by atoms with Gasteiger partial charge < -0.3 is 23.9 Å². The van der Waals surface area contributed by atoms with Gasteiger partial charge in [-0.25, -0.2) is 19.1 Å². The number of para-hydroxylation sites is 1. The normalized spacial score (nSPS) is 21.4. The Kier molecular flexibility index (Phi) is 8.02. The Morgan fingerprint density at radius 1 is 1.20 bits per heavy atom. The van der Waals surface area contributed by atoms with E-state index in [2.05, 4.69) is 16.9 Å². The number of carboxylic acid groups (broad SMARTS) is 1. The molecule has 0 radical (unpaired) electrons. The number of carboxylic acids is 1. The highest BCUT2D eigenvalue weighted by Crippen LogP contribution is 2.40. The Labute approximate surface area is 258 Å². The SMILES string of the molecule is COc1ccccc1C(Cn1c(=O)n(C(C)(C)C(=O)O)c(=O)c2c(C)c(-c3ncco3)sc21)OC1CC2CCCC(C1)N2C. The maximum absolute atomic E-state index is 14.3. The molecule has 3 aromatic heterocycles. The Balaban J connectivity index is 1.53. The van der Waals surface area contributed by atoms with Crippen molar-refractivity contribution in [2.45, 2.75) is 89.3 Å². The summed E-state index contributed by atoms with van der Waals surface area (Å²) in [6.07, 6.45) is 7.51. The highest BCUT2D eigenvalue weighted by atomic mass is 32.1. The molecule has 0 saturated carbocycles. The zero-order valence-corrected chi connectivity index (χ0v) is 26.4. The average Bonchev–Trinajstić information content (AvgIpc) is 3.63. The lowest BCUT2D eigenvalue weighted by Crippen LogP contribution is -2.53. The summed E-state index contributed by atoms with van der Waals surface area (Å²) in [5.74, 6) is -0.350. The van der Waals surface area contributed by atoms with Gasteiger partial charge in [-0.2, -0.15) is 0 Å². The van der Waals surface area contributed by atoms with Gasteiger partial charge in [0.05, 0.1) is 36.2 Å². The minimum Gasteiger partial charge on any atom is -0.496 e. The number of hydrogen-bond donors (Lipinski definition) is 1. The fourth-order valence-corrected chi connectivity index (χ4v) is 8.10. The number of aliphatic carboxylic acids is 1. The molecule has 12 heteroatoms. The van der Waals surface area contributed by atoms with Crippen LogP contribution in [0, 0.1) is 6.92 Å². The summed E-state index contributed by atoms with van der Waals surface area (Å²) >= 11 is 1.22. The quantitative estimate of drug-likeness (QED) is 0.280. The summed E-state index contributed by atoms with van der Waals surface area (Å²) < 4.78 is 20.6. The van der Waals surface area contributed by atoms with Crippen molar-refractivity contribution in [3.05, 3.63) is 68.7 Å². The lowest BCUT2D eigenvalue weighted by Gasteiger charge is -2.47. The molecular weight excluding hydrogens is 584 g/mol. The van der Waals surface area contributed by atoms with E-state index in [1.807, 2.05) is 24.3 Å². The fourth-order valence-electron chi connectivity index (χ4n) is 6.86. The van der Waals surface area contributed by atoms with Gasteiger partial charge in [0.15, 0.2) is 0 Å². The number of benzene rings is 1. The zero-order chi connectivity index (χ0) is 31.3. The van der Waals surface area contributed by atoms with Gasteiger partial charge in [0.1, 0.15) is 28.5 Å². The fraction of sp³-hybridized carbons (Fsp3) is 0.500. The molecule has 3 atom stereocenters. The van der Waals surface area contributed by atoms with Gasteiger partial charge in [-0.1, -0.05) is 24.6 Å². The zero-order valence-electron chi connectivity index (χ0n) is 25.6. The monoisotopic (exact) mass is 622 g/mol. The summed E-state index contributed by atoms with van der Waals surface area (Å²) in [7, 11) is 3.79. The maximum atomic E-state index is 14.3. The minimum atomic E-state index is -1.81. The molecule has 0 spiro atoms. The predicted octanol–water partition coefficient (Wildman–Crippen LogP) is 4.79. The number of piperidine rings is 2. The molecule has 2 aliphatic rings. The molecule has 1 N–H and O–H groups in total. The Hall–Kier alpha value is -3.74. The van der Waals surface area contributed by atoms with E-state index in [0.29, 0.717) is 39.0 Å². The number of thiophene rings is 1. The Bertz CT molecular complexity index is 1790. The number of ether oxygens (including phenoxy) is 2. The Morgan fingerprint density at radius 3 is 2.55 bits per heavy atom. The van der Waals surface area contributed by atoms with Gasteiger partial charge in [0.25, 0.3) is 5.56 Å². The molecule has 3 unspecified atom stereocenters. The minimum absolute atomic E-state index is 0.0400. The average molecular weight is 623 g/mol. The lowest BCUT2D eigenvalue weighted by atomic mass is 9.83. The van der Waals surface area contributed by atoms with E-state index in [1.165, 1.54) is 48.6 Å². The van der Waals surface area contributed by atoms with E-state index in [1.54, 1.807) is 14.0 Å². The van der Waals surface area contributed by atoms with Crippen LogP contribution in [-0.2, 0) is 21.6 Å². The summed E-state index contributed by atoms with van der Waals surface area (Å²) in [6, 6.07) is 8.43. The highest BCUT2D eigenvalue weighted by Gasteiger charge is 2.39. The largest absolute Gasteiger partial charge is 0.496 e. The van der Waals surface area contributed by atoms with E-state index in [0.717, 1.165) is 35.8 Å². The lowest BCUT2D eigenvalue weighted by molar-refractivity contribution is -0.146. The molecule has 2 bridgehead atoms. The van der Waals surface area contributed by atoms with Crippen molar-refractivity contribution in [1.29, 1.82) is 0 Å². The van der Waals surface area contributed by atoms with E-state index in [4.69, 9.17) is 13.9 Å². The molecule has 2 aliphatic heterocycles. The molecule has 5 heterocycles. The number of oxazole rings is 1. The van der Waals surface area contributed by atoms with Crippen LogP contribution in [0.3, 0.4) is 0 Å². The number of rotatable bonds is 9. The van der Waals surface area contributed by atoms with Gasteiger partial charge in [-0.05, 0) is 65.1 Å². The first-order chi connectivity index (χ1) is 21.0. The van der Waals surface area contributed by atoms with Crippen molar-refractivity contribution in [3.8, 4) is 16.5 Å². The van der Waals surface area contributed by atoms with E-state index in [9.17, 15) is 19.5 Å². The molecule has 1 aromatic carbocycles. The van der Waals surface area contributed by atoms with Crippen LogP contribution in [0.5, 0.6) is 5.75 Å². The van der Waals surface area contributed by atoms with Gasteiger partial charge >= 0.3 is 11.7 Å². The smallest absolute Gasteiger partial charge is 0.333 e. The number of carbonyl (C=O) groups is 1. The van der Waals surface area contributed by atoms with Crippen molar-refractivity contribution < 1.29 is 23.8 Å². The van der Waals surface area contributed by atoms with Crippen LogP contribution in [0.25, 0.3) is 21.0 Å². The highest BCUT2D eigenvalue weighted by molar-refractivity contribution is 7.22. The van der Waals surface area contributed by atoms with Crippen LogP contribution in [0.4, 0.5) is 0 Å². The predicted molar refractivity (Wildman–Crippen MR) is 167 cm³/mol. The number of aryl methyl sites for hydroxylation is 1. The van der Waals surface area contributed by atoms with Crippen molar-refractivity contribution in [3.63, 3.8) is 0 Å². The third-order valence-electron chi connectivity index (χ3n) is 9.41. The third-order valence-corrected chi connectivity index (χ3v) is 10.7. The van der Waals surface area contributed by atoms with Gasteiger partial charge in [0, 0.05) is 17.6 Å². The summed E-state index contributed by atoms with van der Waals surface area (Å²) in [5.41, 5.74) is -1.86. The van der Waals surface area contributed by atoms with E-state index >= 15 is 0 Å². The number of methoxy groups -OCH3 is 1. The van der Waals surface area contributed by atoms with Crippen LogP contribution in [0.2, 0.25) is 0 Å². The number of hydrogen-bond acceptors (Lipinski definition) is 9. The van der Waals surface area contributed by atoms with Crippen molar-refractivity contribution >= 4 is 27.5 Å². The van der Waals surface area contributed by atoms with Crippen molar-refractivity contribution in [1.82, 2.24) is 19.0 Å². The Morgan fingerprint density at radius 2 is 1.91 bits per heavy atom. The summed E-state index contributed by atoms with van der Waals surface area (Å²) in [6.45, 7) is 4.52. The molecule has 2 saturated heterocycles. The maximum Gasteiger partial charge on any atom is 0.333 e. The van der Waals surface area contributed by atoms with Crippen LogP contribution < -0.4 is 16.0 Å². The molecule has 234 valence electrons. The second kappa shape index (κ2) is 11.6. The number of aromatic nitrogens is 3. The molecule has 4 aromatic rings. The summed E-state index contributed by atoms with van der Waals surface area (Å²) in [4.78, 5) is 48.4. The van der Waals surface area contributed by atoms with Crippen molar-refractivity contribution in [2.75, 3.05) is 14.2 Å². The molecule has 0 amide bonds. The number of nitrogens with zero attached hydrogens (tertiary/aromatic N) is 4. The van der Waals surface area contributed by atoms with Crippen molar-refractivity contribution in [2.24, 2.45) is 0 Å². The molecule has 11 nitrogen and oxygen atoms in total. The first-order valence-corrected chi connectivity index (χ1v) is 15.8. The van der Waals surface area contributed by atoms with Crippen LogP contribution in [0.15, 0.2) is 50.7 Å².